The van der Waals surface area contributed by atoms with Crippen LogP contribution in [0.5, 0.6) is 0 Å². The van der Waals surface area contributed by atoms with Crippen LogP contribution in [0.15, 0.2) is 30.3 Å². The summed E-state index contributed by atoms with van der Waals surface area (Å²) in [6, 6.07) is 10.5. The summed E-state index contributed by atoms with van der Waals surface area (Å²) in [5.41, 5.74) is 1.33. The summed E-state index contributed by atoms with van der Waals surface area (Å²) in [6.07, 6.45) is 3.21. The van der Waals surface area contributed by atoms with Gasteiger partial charge in [0.05, 0.1) is 13.2 Å². The average molecular weight is 259 g/mol. The minimum absolute atomic E-state index is 0.295. The Labute approximate surface area is 114 Å². The van der Waals surface area contributed by atoms with E-state index in [1.165, 1.54) is 18.4 Å². The van der Waals surface area contributed by atoms with E-state index in [9.17, 15) is 4.79 Å². The molecular formula is C16H21NO2. The van der Waals surface area contributed by atoms with Gasteiger partial charge in [-0.1, -0.05) is 30.3 Å². The summed E-state index contributed by atoms with van der Waals surface area (Å²) in [6.45, 7) is 2.88. The maximum atomic E-state index is 12.4. The number of hydrogen-bond donors (Lipinski definition) is 0. The molecule has 0 aromatic heterocycles. The monoisotopic (exact) mass is 259 g/mol. The molecule has 0 unspecified atom stereocenters. The van der Waals surface area contributed by atoms with Crippen molar-refractivity contribution in [1.82, 2.24) is 4.90 Å². The molecule has 3 heteroatoms. The van der Waals surface area contributed by atoms with Gasteiger partial charge in [0.2, 0.25) is 5.91 Å². The summed E-state index contributed by atoms with van der Waals surface area (Å²) in [7, 11) is 0. The zero-order chi connectivity index (χ0) is 13.1. The second kappa shape index (κ2) is 5.74. The highest BCUT2D eigenvalue weighted by Gasteiger charge is 2.34. The number of ether oxygens (including phenoxy) is 1. The van der Waals surface area contributed by atoms with Crippen molar-refractivity contribution >= 4 is 5.91 Å². The van der Waals surface area contributed by atoms with Gasteiger partial charge in [-0.3, -0.25) is 4.79 Å². The third-order valence-corrected chi connectivity index (χ3v) is 4.18. The van der Waals surface area contributed by atoms with Crippen LogP contribution >= 0.6 is 0 Å². The molecule has 1 aromatic carbocycles. The summed E-state index contributed by atoms with van der Waals surface area (Å²) in [5, 5.41) is 0. The fourth-order valence-electron chi connectivity index (χ4n) is 2.89. The molecule has 1 atom stereocenters. The van der Waals surface area contributed by atoms with E-state index >= 15 is 0 Å². The van der Waals surface area contributed by atoms with Crippen molar-refractivity contribution < 1.29 is 9.53 Å². The van der Waals surface area contributed by atoms with Crippen molar-refractivity contribution in [3.63, 3.8) is 0 Å². The molecule has 1 saturated heterocycles. The Kier molecular flexibility index (Phi) is 3.83. The smallest absolute Gasteiger partial charge is 0.223 e. The minimum Gasteiger partial charge on any atom is -0.378 e. The summed E-state index contributed by atoms with van der Waals surface area (Å²) < 4.78 is 5.31. The molecule has 1 aliphatic heterocycles. The predicted octanol–water partition coefficient (Wildman–Crippen LogP) is 2.43. The fourth-order valence-corrected chi connectivity index (χ4v) is 2.89. The number of morpholine rings is 1. The van der Waals surface area contributed by atoms with E-state index in [0.717, 1.165) is 13.1 Å². The molecule has 0 spiro atoms. The number of benzene rings is 1. The second-order valence-corrected chi connectivity index (χ2v) is 5.55. The minimum atomic E-state index is 0.295. The zero-order valence-corrected chi connectivity index (χ0v) is 11.3. The molecule has 0 radical (unpaired) electrons. The predicted molar refractivity (Wildman–Crippen MR) is 73.9 cm³/mol. The van der Waals surface area contributed by atoms with Crippen LogP contribution in [0.25, 0.3) is 0 Å². The molecule has 19 heavy (non-hydrogen) atoms. The SMILES string of the molecule is O=C(C[C@@H](c1ccccc1)C1CC1)N1CCOCC1. The van der Waals surface area contributed by atoms with Gasteiger partial charge in [0.1, 0.15) is 0 Å². The first kappa shape index (κ1) is 12.7. The molecule has 2 aliphatic rings. The number of nitrogens with zero attached hydrogens (tertiary/aromatic N) is 1. The molecule has 1 heterocycles. The van der Waals surface area contributed by atoms with E-state index in [1.807, 2.05) is 11.0 Å². The Bertz CT molecular complexity index is 422. The lowest BCUT2D eigenvalue weighted by Crippen LogP contribution is -2.41. The first-order valence-corrected chi connectivity index (χ1v) is 7.25. The lowest BCUT2D eigenvalue weighted by atomic mass is 9.90. The van der Waals surface area contributed by atoms with Gasteiger partial charge in [0, 0.05) is 19.5 Å². The van der Waals surface area contributed by atoms with Gasteiger partial charge in [-0.05, 0) is 30.2 Å². The van der Waals surface area contributed by atoms with Crippen LogP contribution in [-0.4, -0.2) is 37.1 Å². The third-order valence-electron chi connectivity index (χ3n) is 4.18. The van der Waals surface area contributed by atoms with Crippen LogP contribution in [-0.2, 0) is 9.53 Å². The maximum Gasteiger partial charge on any atom is 0.223 e. The first-order chi connectivity index (χ1) is 9.34. The topological polar surface area (TPSA) is 29.5 Å². The Hall–Kier alpha value is -1.35. The fraction of sp³-hybridized carbons (Fsp3) is 0.562. The normalized spacial score (nSPS) is 21.2. The van der Waals surface area contributed by atoms with Gasteiger partial charge in [0.15, 0.2) is 0 Å². The summed E-state index contributed by atoms with van der Waals surface area (Å²) in [4.78, 5) is 14.3. The number of hydrogen-bond acceptors (Lipinski definition) is 2. The third kappa shape index (κ3) is 3.16. The van der Waals surface area contributed by atoms with E-state index in [1.54, 1.807) is 0 Å². The quantitative estimate of drug-likeness (QED) is 0.831. The highest BCUT2D eigenvalue weighted by atomic mass is 16.5. The van der Waals surface area contributed by atoms with Crippen molar-refractivity contribution in [2.24, 2.45) is 5.92 Å². The van der Waals surface area contributed by atoms with E-state index in [4.69, 9.17) is 4.74 Å². The highest BCUT2D eigenvalue weighted by Crippen LogP contribution is 2.44. The Balaban J connectivity index is 1.66. The van der Waals surface area contributed by atoms with Crippen molar-refractivity contribution in [1.29, 1.82) is 0 Å². The molecule has 102 valence electrons. The van der Waals surface area contributed by atoms with Gasteiger partial charge < -0.3 is 9.64 Å². The summed E-state index contributed by atoms with van der Waals surface area (Å²) >= 11 is 0. The number of carbonyl (C=O) groups excluding carboxylic acids is 1. The van der Waals surface area contributed by atoms with Crippen LogP contribution in [0.1, 0.15) is 30.7 Å². The van der Waals surface area contributed by atoms with Gasteiger partial charge in [-0.15, -0.1) is 0 Å². The van der Waals surface area contributed by atoms with Crippen molar-refractivity contribution in [3.8, 4) is 0 Å². The van der Waals surface area contributed by atoms with E-state index < -0.39 is 0 Å². The van der Waals surface area contributed by atoms with E-state index in [2.05, 4.69) is 24.3 Å². The van der Waals surface area contributed by atoms with Crippen molar-refractivity contribution in [2.45, 2.75) is 25.2 Å². The van der Waals surface area contributed by atoms with Crippen molar-refractivity contribution in [2.75, 3.05) is 26.3 Å². The molecule has 1 aliphatic carbocycles. The molecular weight excluding hydrogens is 238 g/mol. The molecule has 2 fully saturated rings. The zero-order valence-electron chi connectivity index (χ0n) is 11.3. The van der Waals surface area contributed by atoms with E-state index in [0.29, 0.717) is 37.4 Å². The highest BCUT2D eigenvalue weighted by molar-refractivity contribution is 5.77. The van der Waals surface area contributed by atoms with Crippen LogP contribution in [0.4, 0.5) is 0 Å². The molecule has 1 saturated carbocycles. The average Bonchev–Trinajstić information content (AvgIpc) is 3.31. The molecule has 1 aromatic rings. The number of carbonyl (C=O) groups is 1. The van der Waals surface area contributed by atoms with Gasteiger partial charge >= 0.3 is 0 Å². The Morgan fingerprint density at radius 3 is 2.53 bits per heavy atom. The van der Waals surface area contributed by atoms with Crippen LogP contribution in [0.2, 0.25) is 0 Å². The Morgan fingerprint density at radius 1 is 1.21 bits per heavy atom. The second-order valence-electron chi connectivity index (χ2n) is 5.55. The largest absolute Gasteiger partial charge is 0.378 e. The van der Waals surface area contributed by atoms with Crippen molar-refractivity contribution in [3.05, 3.63) is 35.9 Å². The maximum absolute atomic E-state index is 12.4. The molecule has 3 nitrogen and oxygen atoms in total. The number of amides is 1. The number of rotatable bonds is 4. The lowest BCUT2D eigenvalue weighted by Gasteiger charge is -2.28. The van der Waals surface area contributed by atoms with Crippen LogP contribution in [0, 0.1) is 5.92 Å². The first-order valence-electron chi connectivity index (χ1n) is 7.25. The van der Waals surface area contributed by atoms with Crippen LogP contribution in [0.3, 0.4) is 0 Å². The molecule has 0 bridgehead atoms. The standard InChI is InChI=1S/C16H21NO2/c18-16(17-8-10-19-11-9-17)12-15(14-6-7-14)13-4-2-1-3-5-13/h1-5,14-15H,6-12H2/t15-/m0/s1. The molecule has 1 amide bonds. The van der Waals surface area contributed by atoms with E-state index in [-0.39, 0.29) is 0 Å². The van der Waals surface area contributed by atoms with Gasteiger partial charge in [0.25, 0.3) is 0 Å². The Morgan fingerprint density at radius 2 is 1.89 bits per heavy atom. The molecule has 0 N–H and O–H groups in total. The van der Waals surface area contributed by atoms with Gasteiger partial charge in [-0.25, -0.2) is 0 Å². The molecule has 3 rings (SSSR count). The lowest BCUT2D eigenvalue weighted by molar-refractivity contribution is -0.135. The van der Waals surface area contributed by atoms with Crippen LogP contribution < -0.4 is 0 Å². The summed E-state index contributed by atoms with van der Waals surface area (Å²) in [5.74, 6) is 1.42. The van der Waals surface area contributed by atoms with Gasteiger partial charge in [-0.2, -0.15) is 0 Å².